The van der Waals surface area contributed by atoms with Crippen molar-refractivity contribution < 1.29 is 22.3 Å². The van der Waals surface area contributed by atoms with Crippen LogP contribution in [-0.4, -0.2) is 54.9 Å². The zero-order chi connectivity index (χ0) is 22.7. The highest BCUT2D eigenvalue weighted by Crippen LogP contribution is 2.38. The molecule has 1 atom stereocenters. The Bertz CT molecular complexity index is 973. The lowest BCUT2D eigenvalue weighted by Crippen LogP contribution is -2.59. The molecule has 1 unspecified atom stereocenters. The zero-order valence-electron chi connectivity index (χ0n) is 17.4. The second-order valence-electron chi connectivity index (χ2n) is 7.71. The summed E-state index contributed by atoms with van der Waals surface area (Å²) in [5.41, 5.74) is -0.0555. The fraction of sp³-hybridized carbons (Fsp3) is 0.421. The van der Waals surface area contributed by atoms with Crippen LogP contribution >= 0.6 is 0 Å². The van der Waals surface area contributed by atoms with E-state index in [-0.39, 0.29) is 17.9 Å². The molecule has 0 radical (unpaired) electrons. The van der Waals surface area contributed by atoms with Gasteiger partial charge in [0.1, 0.15) is 17.0 Å². The molecule has 0 spiro atoms. The quantitative estimate of drug-likeness (QED) is 0.431. The van der Waals surface area contributed by atoms with Crippen molar-refractivity contribution in [2.24, 2.45) is 10.1 Å². The predicted molar refractivity (Wildman–Crippen MR) is 113 cm³/mol. The zero-order valence-corrected chi connectivity index (χ0v) is 18.2. The van der Waals surface area contributed by atoms with Gasteiger partial charge < -0.3 is 4.74 Å². The van der Waals surface area contributed by atoms with Crippen molar-refractivity contribution in [3.05, 3.63) is 48.3 Å². The smallest absolute Gasteiger partial charge is 0.437 e. The van der Waals surface area contributed by atoms with Crippen LogP contribution in [0.4, 0.5) is 9.18 Å². The molecule has 1 aliphatic rings. The summed E-state index contributed by atoms with van der Waals surface area (Å²) in [5.74, 6) is -1.48. The van der Waals surface area contributed by atoms with Gasteiger partial charge in [0, 0.05) is 19.3 Å². The maximum atomic E-state index is 14.7. The van der Waals surface area contributed by atoms with Gasteiger partial charge in [0.25, 0.3) is 0 Å². The third-order valence-corrected chi connectivity index (χ3v) is 6.08. The normalized spacial score (nSPS) is 20.7. The topological polar surface area (TPSA) is 104 Å². The number of nitrogens with zero attached hydrogens (tertiary/aromatic N) is 4. The standard InChI is InChI=1S/C19H26FN5O4S/c1-7-12-19(14-10-8-9-11-15(14)20)13-30(27,28)24(6)16(22-19)25(23-21-5)17(26)29-18(2,3)4/h7-11,23H,1,5,12-13H2,2-4,6H3. The van der Waals surface area contributed by atoms with Crippen LogP contribution in [0.2, 0.25) is 0 Å². The number of guanidine groups is 1. The summed E-state index contributed by atoms with van der Waals surface area (Å²) in [6.45, 7) is 11.9. The van der Waals surface area contributed by atoms with Gasteiger partial charge in [0.15, 0.2) is 0 Å². The van der Waals surface area contributed by atoms with Gasteiger partial charge in [-0.3, -0.25) is 0 Å². The van der Waals surface area contributed by atoms with Gasteiger partial charge in [-0.1, -0.05) is 24.3 Å². The number of hydrazine groups is 1. The van der Waals surface area contributed by atoms with Crippen molar-refractivity contribution in [2.75, 3.05) is 12.8 Å². The van der Waals surface area contributed by atoms with Crippen molar-refractivity contribution in [3.63, 3.8) is 0 Å². The van der Waals surface area contributed by atoms with Crippen LogP contribution in [0.25, 0.3) is 0 Å². The first kappa shape index (κ1) is 23.3. The van der Waals surface area contributed by atoms with Crippen LogP contribution < -0.4 is 5.53 Å². The van der Waals surface area contributed by atoms with Crippen LogP contribution in [0.3, 0.4) is 0 Å². The van der Waals surface area contributed by atoms with E-state index in [1.807, 2.05) is 0 Å². The monoisotopic (exact) mass is 439 g/mol. The maximum absolute atomic E-state index is 14.7. The summed E-state index contributed by atoms with van der Waals surface area (Å²) in [5, 5.41) is 4.17. The second kappa shape index (κ2) is 8.42. The van der Waals surface area contributed by atoms with Gasteiger partial charge in [-0.15, -0.1) is 11.6 Å². The second-order valence-corrected chi connectivity index (χ2v) is 9.71. The van der Waals surface area contributed by atoms with Crippen LogP contribution in [0.1, 0.15) is 32.8 Å². The Morgan fingerprint density at radius 3 is 2.63 bits per heavy atom. The molecule has 11 heteroatoms. The number of aliphatic imine (C=N–C) groups is 1. The van der Waals surface area contributed by atoms with Gasteiger partial charge in [-0.05, 0) is 33.3 Å². The number of hydrazone groups is 1. The van der Waals surface area contributed by atoms with Crippen molar-refractivity contribution >= 4 is 28.8 Å². The average molecular weight is 440 g/mol. The third-order valence-electron chi connectivity index (χ3n) is 4.24. The van der Waals surface area contributed by atoms with Gasteiger partial charge in [0.05, 0.1) is 5.75 Å². The Labute approximate surface area is 175 Å². The van der Waals surface area contributed by atoms with E-state index in [9.17, 15) is 17.6 Å². The number of benzene rings is 1. The molecule has 1 amide bonds. The van der Waals surface area contributed by atoms with E-state index in [2.05, 4.69) is 28.9 Å². The molecule has 1 aromatic carbocycles. The van der Waals surface area contributed by atoms with Gasteiger partial charge in [-0.2, -0.15) is 5.10 Å². The fourth-order valence-electron chi connectivity index (χ4n) is 2.98. The van der Waals surface area contributed by atoms with Crippen LogP contribution in [0.5, 0.6) is 0 Å². The molecule has 1 N–H and O–H groups in total. The number of hydrogen-bond acceptors (Lipinski definition) is 7. The Balaban J connectivity index is 2.74. The number of halogens is 1. The summed E-state index contributed by atoms with van der Waals surface area (Å²) >= 11 is 0. The number of carbonyl (C=O) groups is 1. The number of ether oxygens (including phenoxy) is 1. The van der Waals surface area contributed by atoms with E-state index in [0.717, 1.165) is 4.31 Å². The molecule has 1 heterocycles. The van der Waals surface area contributed by atoms with Crippen LogP contribution in [0, 0.1) is 5.82 Å². The van der Waals surface area contributed by atoms with Crippen molar-refractivity contribution in [2.45, 2.75) is 38.3 Å². The average Bonchev–Trinajstić information content (AvgIpc) is 2.61. The molecule has 0 aliphatic carbocycles. The van der Waals surface area contributed by atoms with E-state index in [1.54, 1.807) is 26.8 Å². The van der Waals surface area contributed by atoms with Crippen LogP contribution in [0.15, 0.2) is 47.0 Å². The van der Waals surface area contributed by atoms with E-state index in [1.165, 1.54) is 31.3 Å². The molecule has 1 aromatic rings. The molecule has 30 heavy (non-hydrogen) atoms. The lowest BCUT2D eigenvalue weighted by Gasteiger charge is -2.40. The number of nitrogens with one attached hydrogen (secondary N) is 1. The summed E-state index contributed by atoms with van der Waals surface area (Å²) in [4.78, 5) is 17.2. The van der Waals surface area contributed by atoms with E-state index in [0.29, 0.717) is 5.01 Å². The first-order valence-corrected chi connectivity index (χ1v) is 10.6. The largest absolute Gasteiger partial charge is 0.442 e. The lowest BCUT2D eigenvalue weighted by atomic mass is 9.88. The summed E-state index contributed by atoms with van der Waals surface area (Å²) in [6.07, 6.45) is 0.498. The number of sulfonamides is 1. The third kappa shape index (κ3) is 4.78. The molecule has 0 saturated carbocycles. The Hall–Kier alpha value is -2.95. The molecular formula is C19H26FN5O4S. The Morgan fingerprint density at radius 1 is 1.47 bits per heavy atom. The molecule has 0 bridgehead atoms. The molecular weight excluding hydrogens is 413 g/mol. The summed E-state index contributed by atoms with van der Waals surface area (Å²) in [6, 6.07) is 5.75. The summed E-state index contributed by atoms with van der Waals surface area (Å²) < 4.78 is 46.9. The molecule has 0 saturated heterocycles. The minimum atomic E-state index is -4.01. The molecule has 2 rings (SSSR count). The number of hydrogen-bond donors (Lipinski definition) is 1. The first-order valence-electron chi connectivity index (χ1n) is 9.04. The summed E-state index contributed by atoms with van der Waals surface area (Å²) in [7, 11) is -2.78. The van der Waals surface area contributed by atoms with Gasteiger partial charge >= 0.3 is 6.09 Å². The SMILES string of the molecule is C=CCC1(c2ccccc2F)CS(=O)(=O)N(C)C(N(NN=C)C(=O)OC(C)(C)C)=N1. The molecule has 9 nitrogen and oxygen atoms in total. The maximum Gasteiger partial charge on any atom is 0.437 e. The molecule has 1 aliphatic heterocycles. The van der Waals surface area contributed by atoms with E-state index in [4.69, 9.17) is 4.74 Å². The highest BCUT2D eigenvalue weighted by molar-refractivity contribution is 7.89. The minimum absolute atomic E-state index is 0.00811. The highest BCUT2D eigenvalue weighted by Gasteiger charge is 2.47. The van der Waals surface area contributed by atoms with E-state index < -0.39 is 38.8 Å². The number of rotatable bonds is 5. The highest BCUT2D eigenvalue weighted by atomic mass is 32.2. The Kier molecular flexibility index (Phi) is 6.55. The number of amides is 1. The van der Waals surface area contributed by atoms with Crippen molar-refractivity contribution in [3.8, 4) is 0 Å². The fourth-order valence-corrected chi connectivity index (χ4v) is 4.49. The van der Waals surface area contributed by atoms with Gasteiger partial charge in [0.2, 0.25) is 16.0 Å². The molecule has 0 fully saturated rings. The lowest BCUT2D eigenvalue weighted by molar-refractivity contribution is 0.0282. The van der Waals surface area contributed by atoms with Crippen LogP contribution in [-0.2, 0) is 20.3 Å². The Morgan fingerprint density at radius 2 is 2.10 bits per heavy atom. The van der Waals surface area contributed by atoms with E-state index >= 15 is 0 Å². The minimum Gasteiger partial charge on any atom is -0.442 e. The predicted octanol–water partition coefficient (Wildman–Crippen LogP) is 2.59. The van der Waals surface area contributed by atoms with Crippen molar-refractivity contribution in [1.82, 2.24) is 14.8 Å². The van der Waals surface area contributed by atoms with Crippen molar-refractivity contribution in [1.29, 1.82) is 0 Å². The van der Waals surface area contributed by atoms with Gasteiger partial charge in [-0.25, -0.2) is 32.4 Å². The molecule has 0 aromatic heterocycles. The number of carbonyl (C=O) groups excluding carboxylic acids is 1. The first-order chi connectivity index (χ1) is 13.9. The molecule has 164 valence electrons.